The maximum atomic E-state index is 12.2. The number of nitrogens with one attached hydrogen (secondary N) is 1. The van der Waals surface area contributed by atoms with E-state index in [1.54, 1.807) is 11.1 Å². The van der Waals surface area contributed by atoms with Crippen molar-refractivity contribution in [3.63, 3.8) is 0 Å². The number of Topliss-reactive ketones (excluding diaryl/α,β-unsaturated/α-hetero) is 2. The molecule has 19 atom stereocenters. The summed E-state index contributed by atoms with van der Waals surface area (Å²) in [5.41, 5.74) is 7.96. The Hall–Kier alpha value is -1.34. The van der Waals surface area contributed by atoms with Crippen LogP contribution in [0.3, 0.4) is 0 Å². The molecule has 0 unspecified atom stereocenters. The van der Waals surface area contributed by atoms with Crippen molar-refractivity contribution < 1.29 is 19.1 Å². The van der Waals surface area contributed by atoms with Crippen LogP contribution in [-0.2, 0) is 19.1 Å². The van der Waals surface area contributed by atoms with Crippen molar-refractivity contribution in [2.45, 2.75) is 219 Å². The molecule has 6 heteroatoms. The van der Waals surface area contributed by atoms with Crippen molar-refractivity contribution in [1.29, 1.82) is 0 Å². The molecule has 6 nitrogen and oxygen atoms in total. The van der Waals surface area contributed by atoms with Crippen LogP contribution in [-0.4, -0.2) is 72.1 Å². The first-order valence-electron chi connectivity index (χ1n) is 26.8. The van der Waals surface area contributed by atoms with E-state index in [1.807, 2.05) is 11.1 Å². The number of likely N-dealkylation sites (N-methyl/N-ethyl adjacent to an activating group) is 1. The summed E-state index contributed by atoms with van der Waals surface area (Å²) in [6.45, 7) is 19.7. The van der Waals surface area contributed by atoms with Crippen molar-refractivity contribution in [2.75, 3.05) is 20.1 Å². The average molecular weight is 851 g/mol. The monoisotopic (exact) mass is 851 g/mol. The number of fused-ring (bicyclic) bond motifs is 12. The molecule has 0 aromatic carbocycles. The van der Waals surface area contributed by atoms with Gasteiger partial charge < -0.3 is 19.7 Å². The predicted octanol–water partition coefficient (Wildman–Crippen LogP) is 11.5. The van der Waals surface area contributed by atoms with Crippen molar-refractivity contribution in [3.8, 4) is 0 Å². The van der Waals surface area contributed by atoms with Crippen LogP contribution in [0.4, 0.5) is 0 Å². The standard InChI is InChI=1S/C29H45NO2.C27H41NO2/c1-17-12-26-27(30(5)16-17)19(3)29(32-26)11-9-22-23-7-6-20-13-21(31)8-10-28(20,4)25(23)14-24(22)18(2)15-29;1-16-10-25-24(28-15-16)14-27(30-25)9-7-20-21-5-4-18-11-19(29)6-8-26(18,3)23(21)12-22(20)17(2)13-27/h17,19-20,22-23,25-27H,6-16H2,1-5H3;16,18,20-21,23-25,28H,4-15H2,1-3H3/t17-,19+,20+,22-,23-,25-,26+,27-,28-,29-;16-,18+,20-,21-,23-,24-,25+,26-,27-/m00/s1. The van der Waals surface area contributed by atoms with Gasteiger partial charge in [-0.1, -0.05) is 56.9 Å². The highest BCUT2D eigenvalue weighted by Gasteiger charge is 2.61. The topological polar surface area (TPSA) is 67.9 Å². The highest BCUT2D eigenvalue weighted by atomic mass is 16.5. The lowest BCUT2D eigenvalue weighted by molar-refractivity contribution is -0.130. The minimum atomic E-state index is 0.0585. The maximum absolute atomic E-state index is 12.2. The van der Waals surface area contributed by atoms with E-state index in [4.69, 9.17) is 9.47 Å². The van der Waals surface area contributed by atoms with Crippen molar-refractivity contribution in [2.24, 2.45) is 75.9 Å². The third-order valence-corrected chi connectivity index (χ3v) is 22.6. The number of carbonyl (C=O) groups excluding carboxylic acids is 2. The fourth-order valence-electron chi connectivity index (χ4n) is 19.4. The second kappa shape index (κ2) is 15.6. The smallest absolute Gasteiger partial charge is 0.133 e. The predicted molar refractivity (Wildman–Crippen MR) is 247 cm³/mol. The Morgan fingerprint density at radius 2 is 1.24 bits per heavy atom. The number of hydrogen-bond acceptors (Lipinski definition) is 6. The van der Waals surface area contributed by atoms with Gasteiger partial charge in [0.2, 0.25) is 0 Å². The van der Waals surface area contributed by atoms with Crippen LogP contribution in [0.25, 0.3) is 0 Å². The van der Waals surface area contributed by atoms with Crippen molar-refractivity contribution in [1.82, 2.24) is 10.2 Å². The molecule has 4 aliphatic heterocycles. The minimum absolute atomic E-state index is 0.0585. The Kier molecular flexibility index (Phi) is 10.9. The van der Waals surface area contributed by atoms with E-state index in [0.717, 1.165) is 98.8 Å². The molecule has 1 N–H and O–H groups in total. The number of rotatable bonds is 0. The molecular weight excluding hydrogens is 765 g/mol. The quantitative estimate of drug-likeness (QED) is 0.245. The zero-order valence-electron chi connectivity index (χ0n) is 40.5. The van der Waals surface area contributed by atoms with Crippen molar-refractivity contribution in [3.05, 3.63) is 22.3 Å². The first kappa shape index (κ1) is 43.2. The summed E-state index contributed by atoms with van der Waals surface area (Å²) in [4.78, 5) is 27.0. The lowest BCUT2D eigenvalue weighted by atomic mass is 9.52. The Morgan fingerprint density at radius 1 is 0.661 bits per heavy atom. The van der Waals surface area contributed by atoms with Crippen LogP contribution in [0.1, 0.15) is 183 Å². The van der Waals surface area contributed by atoms with E-state index in [-0.39, 0.29) is 11.2 Å². The van der Waals surface area contributed by atoms with Gasteiger partial charge >= 0.3 is 0 Å². The summed E-state index contributed by atoms with van der Waals surface area (Å²) in [5.74, 6) is 9.40. The number of carbonyl (C=O) groups is 2. The number of nitrogens with zero attached hydrogens (tertiary/aromatic N) is 1. The van der Waals surface area contributed by atoms with E-state index in [1.165, 1.54) is 96.4 Å². The molecule has 0 aromatic heterocycles. The fraction of sp³-hybridized carbons (Fsp3) is 0.893. The second-order valence-corrected chi connectivity index (χ2v) is 25.9. The lowest BCUT2D eigenvalue weighted by Gasteiger charge is -2.52. The second-order valence-electron chi connectivity index (χ2n) is 25.9. The number of hydrogen-bond donors (Lipinski definition) is 1. The van der Waals surface area contributed by atoms with E-state index in [2.05, 4.69) is 65.7 Å². The van der Waals surface area contributed by atoms with Gasteiger partial charge in [0.05, 0.1) is 23.4 Å². The molecule has 6 saturated carbocycles. The Morgan fingerprint density at radius 3 is 1.87 bits per heavy atom. The molecule has 4 saturated heterocycles. The third-order valence-electron chi connectivity index (χ3n) is 22.6. The number of likely N-dealkylation sites (tertiary alicyclic amines) is 1. The van der Waals surface area contributed by atoms with E-state index in [9.17, 15) is 9.59 Å². The summed E-state index contributed by atoms with van der Waals surface area (Å²) >= 11 is 0. The SMILES string of the molecule is CC1=C2C[C@H]3[C@@H](CC[C@@H]4CC(=O)CC[C@@]43C)[C@@H]2CC[C@@]2(C1)O[C@@H]1C[C@H](C)CN(C)[C@H]1[C@H]2C.CC1=C2C[C@H]3[C@@H](CC[C@@H]4CC(=O)CC[C@@]43C)[C@@H]2CC[C@]2(C1)C[C@@H]1NC[C@@H](C)C[C@H]1O2. The van der Waals surface area contributed by atoms with E-state index in [0.29, 0.717) is 64.4 Å². The lowest BCUT2D eigenvalue weighted by Crippen LogP contribution is -2.49. The molecule has 62 heavy (non-hydrogen) atoms. The van der Waals surface area contributed by atoms with Crippen LogP contribution >= 0.6 is 0 Å². The van der Waals surface area contributed by atoms with Crippen LogP contribution in [0.2, 0.25) is 0 Å². The van der Waals surface area contributed by atoms with Gasteiger partial charge in [-0.25, -0.2) is 0 Å². The summed E-state index contributed by atoms with van der Waals surface area (Å²) in [6.07, 6.45) is 25.7. The Bertz CT molecular complexity index is 1870. The molecular formula is C56H86N2O4. The van der Waals surface area contributed by atoms with Gasteiger partial charge in [0.25, 0.3) is 0 Å². The first-order valence-corrected chi connectivity index (χ1v) is 26.8. The van der Waals surface area contributed by atoms with Gasteiger partial charge in [-0.05, 0) is 207 Å². The van der Waals surface area contributed by atoms with Gasteiger partial charge in [0.15, 0.2) is 0 Å². The Labute approximate surface area is 376 Å². The van der Waals surface area contributed by atoms with Gasteiger partial charge in [-0.3, -0.25) is 9.59 Å². The van der Waals surface area contributed by atoms with Gasteiger partial charge in [0, 0.05) is 50.2 Å². The van der Waals surface area contributed by atoms with Crippen LogP contribution < -0.4 is 5.32 Å². The number of allylic oxidation sites excluding steroid dienone is 2. The van der Waals surface area contributed by atoms with E-state index < -0.39 is 0 Å². The summed E-state index contributed by atoms with van der Waals surface area (Å²) in [7, 11) is 2.33. The van der Waals surface area contributed by atoms with Crippen molar-refractivity contribution >= 4 is 11.6 Å². The molecule has 12 aliphatic rings. The fourth-order valence-corrected chi connectivity index (χ4v) is 19.4. The number of ketones is 2. The molecule has 344 valence electrons. The largest absolute Gasteiger partial charge is 0.370 e. The van der Waals surface area contributed by atoms with Gasteiger partial charge in [-0.15, -0.1) is 0 Å². The van der Waals surface area contributed by atoms with E-state index >= 15 is 0 Å². The first-order chi connectivity index (χ1) is 29.6. The highest BCUT2D eigenvalue weighted by molar-refractivity contribution is 5.80. The molecule has 0 radical (unpaired) electrons. The molecule has 0 bridgehead atoms. The van der Waals surface area contributed by atoms with Crippen LogP contribution in [0.5, 0.6) is 0 Å². The summed E-state index contributed by atoms with van der Waals surface area (Å²) < 4.78 is 14.0. The Balaban J connectivity index is 0.000000140. The zero-order valence-corrected chi connectivity index (χ0v) is 40.5. The average Bonchev–Trinajstić information content (AvgIpc) is 3.93. The minimum Gasteiger partial charge on any atom is -0.370 e. The molecule has 2 spiro atoms. The maximum Gasteiger partial charge on any atom is 0.133 e. The number of piperidine rings is 2. The van der Waals surface area contributed by atoms with Crippen LogP contribution in [0, 0.1) is 75.9 Å². The summed E-state index contributed by atoms with van der Waals surface area (Å²) in [6, 6.07) is 1.18. The molecule has 0 aromatic rings. The molecule has 8 aliphatic carbocycles. The highest BCUT2D eigenvalue weighted by Crippen LogP contribution is 2.67. The molecule has 4 heterocycles. The third kappa shape index (κ3) is 6.86. The molecule has 12 rings (SSSR count). The molecule has 0 amide bonds. The normalized spacial score (nSPS) is 53.4. The van der Waals surface area contributed by atoms with Gasteiger partial charge in [0.1, 0.15) is 11.6 Å². The zero-order chi connectivity index (χ0) is 43.1. The number of ether oxygens (including phenoxy) is 2. The van der Waals surface area contributed by atoms with Crippen LogP contribution in [0.15, 0.2) is 22.3 Å². The molecule has 10 fully saturated rings. The van der Waals surface area contributed by atoms with Gasteiger partial charge in [-0.2, -0.15) is 0 Å². The summed E-state index contributed by atoms with van der Waals surface area (Å²) in [5, 5.41) is 3.80.